The lowest BCUT2D eigenvalue weighted by molar-refractivity contribution is -0.120. The summed E-state index contributed by atoms with van der Waals surface area (Å²) < 4.78 is 20.2. The number of hydrogen-bond donors (Lipinski definition) is 1. The Morgan fingerprint density at radius 2 is 2.10 bits per heavy atom. The second-order valence-electron chi connectivity index (χ2n) is 6.33. The fourth-order valence-corrected chi connectivity index (χ4v) is 4.54. The van der Waals surface area contributed by atoms with Gasteiger partial charge in [-0.05, 0) is 24.3 Å². The van der Waals surface area contributed by atoms with Crippen molar-refractivity contribution in [1.29, 1.82) is 0 Å². The molecule has 0 fully saturated rings. The minimum atomic E-state index is -1.16. The molecule has 1 amide bonds. The summed E-state index contributed by atoms with van der Waals surface area (Å²) >= 11 is 7.18. The van der Waals surface area contributed by atoms with Gasteiger partial charge in [-0.15, -0.1) is 0 Å². The molecule has 0 saturated heterocycles. The van der Waals surface area contributed by atoms with Gasteiger partial charge in [-0.25, -0.2) is 9.37 Å². The number of aliphatic hydroxyl groups is 1. The van der Waals surface area contributed by atoms with Crippen molar-refractivity contribution in [3.05, 3.63) is 70.2 Å². The van der Waals surface area contributed by atoms with Gasteiger partial charge in [-0.3, -0.25) is 14.5 Å². The Bertz CT molecular complexity index is 1180. The molecule has 6 nitrogen and oxygen atoms in total. The van der Waals surface area contributed by atoms with Crippen molar-refractivity contribution in [2.45, 2.75) is 6.04 Å². The second kappa shape index (κ2) is 7.55. The van der Waals surface area contributed by atoms with Gasteiger partial charge in [-0.2, -0.15) is 0 Å². The summed E-state index contributed by atoms with van der Waals surface area (Å²) in [4.78, 5) is 31.1. The van der Waals surface area contributed by atoms with Crippen molar-refractivity contribution in [3.8, 4) is 0 Å². The highest BCUT2D eigenvalue weighted by atomic mass is 35.5. The summed E-state index contributed by atoms with van der Waals surface area (Å²) in [5.41, 5.74) is 0.437. The molecule has 1 aliphatic rings. The van der Waals surface area contributed by atoms with Gasteiger partial charge in [0.05, 0.1) is 15.8 Å². The molecule has 1 aromatic heterocycles. The van der Waals surface area contributed by atoms with Crippen LogP contribution in [0.1, 0.15) is 11.6 Å². The van der Waals surface area contributed by atoms with E-state index in [1.165, 1.54) is 25.3 Å². The van der Waals surface area contributed by atoms with Crippen LogP contribution < -0.4 is 4.90 Å². The predicted molar refractivity (Wildman–Crippen MR) is 108 cm³/mol. The van der Waals surface area contributed by atoms with Gasteiger partial charge in [0.25, 0.3) is 5.91 Å². The zero-order chi connectivity index (χ0) is 20.7. The molecule has 1 aliphatic heterocycles. The highest BCUT2D eigenvalue weighted by Crippen LogP contribution is 2.44. The zero-order valence-electron chi connectivity index (χ0n) is 15.1. The fraction of sp³-hybridized carbons (Fsp3) is 0.150. The minimum absolute atomic E-state index is 0.0710. The standard InChI is InChI=1S/C20H14ClFN2O4S/c1-28-9-14(25)16-17(11-4-2-3-5-12(11)22)24(19(27)18(16)26)20-23-13-7-6-10(21)8-15(13)29-20/h2-8,17,26H,9H2,1H3. The van der Waals surface area contributed by atoms with Crippen LogP contribution in [0.2, 0.25) is 5.02 Å². The number of rotatable bonds is 5. The molecule has 2 aromatic carbocycles. The number of carbonyl (C=O) groups is 2. The first-order valence-corrected chi connectivity index (χ1v) is 9.71. The van der Waals surface area contributed by atoms with Crippen LogP contribution in [0.25, 0.3) is 10.2 Å². The maximum atomic E-state index is 14.6. The Balaban J connectivity index is 1.90. The molecule has 0 aliphatic carbocycles. The molecular formula is C20H14ClFN2O4S. The minimum Gasteiger partial charge on any atom is -0.503 e. The van der Waals surface area contributed by atoms with E-state index in [0.29, 0.717) is 15.2 Å². The zero-order valence-corrected chi connectivity index (χ0v) is 16.6. The van der Waals surface area contributed by atoms with Crippen molar-refractivity contribution in [2.24, 2.45) is 0 Å². The topological polar surface area (TPSA) is 79.7 Å². The Morgan fingerprint density at radius 3 is 2.83 bits per heavy atom. The number of methoxy groups -OCH3 is 1. The van der Waals surface area contributed by atoms with E-state index in [9.17, 15) is 19.1 Å². The van der Waals surface area contributed by atoms with Crippen molar-refractivity contribution in [3.63, 3.8) is 0 Å². The molecule has 29 heavy (non-hydrogen) atoms. The number of amides is 1. The molecule has 0 radical (unpaired) electrons. The molecule has 3 aromatic rings. The summed E-state index contributed by atoms with van der Waals surface area (Å²) in [6, 6.07) is 9.67. The van der Waals surface area contributed by atoms with E-state index in [0.717, 1.165) is 16.2 Å². The van der Waals surface area contributed by atoms with Crippen LogP contribution >= 0.6 is 22.9 Å². The number of hydrogen-bond acceptors (Lipinski definition) is 6. The van der Waals surface area contributed by atoms with Gasteiger partial charge in [0.15, 0.2) is 16.7 Å². The lowest BCUT2D eigenvalue weighted by Crippen LogP contribution is -2.31. The lowest BCUT2D eigenvalue weighted by Gasteiger charge is -2.24. The van der Waals surface area contributed by atoms with Gasteiger partial charge in [0.2, 0.25) is 0 Å². The smallest absolute Gasteiger partial charge is 0.296 e. The Morgan fingerprint density at radius 1 is 1.34 bits per heavy atom. The van der Waals surface area contributed by atoms with Crippen LogP contribution in [-0.4, -0.2) is 35.5 Å². The lowest BCUT2D eigenvalue weighted by atomic mass is 9.96. The SMILES string of the molecule is COCC(=O)C1=C(O)C(=O)N(c2nc3ccc(Cl)cc3s2)C1c1ccccc1F. The molecule has 1 unspecified atom stereocenters. The Hall–Kier alpha value is -2.81. The number of benzene rings is 2. The van der Waals surface area contributed by atoms with Crippen LogP contribution in [0.15, 0.2) is 53.8 Å². The molecule has 2 heterocycles. The number of ketones is 1. The normalized spacial score (nSPS) is 16.9. The van der Waals surface area contributed by atoms with Crippen LogP contribution in [-0.2, 0) is 14.3 Å². The predicted octanol–water partition coefficient (Wildman–Crippen LogP) is 4.20. The Kier molecular flexibility index (Phi) is 5.08. The molecule has 0 saturated carbocycles. The van der Waals surface area contributed by atoms with Crippen molar-refractivity contribution < 1.29 is 23.8 Å². The van der Waals surface area contributed by atoms with Crippen LogP contribution in [0, 0.1) is 5.82 Å². The Labute approximate surface area is 173 Å². The first-order chi connectivity index (χ1) is 13.9. The number of nitrogens with zero attached hydrogens (tertiary/aromatic N) is 2. The number of carbonyl (C=O) groups excluding carboxylic acids is 2. The van der Waals surface area contributed by atoms with Gasteiger partial charge in [-0.1, -0.05) is 41.1 Å². The first-order valence-electron chi connectivity index (χ1n) is 8.51. The van der Waals surface area contributed by atoms with E-state index in [2.05, 4.69) is 4.98 Å². The largest absolute Gasteiger partial charge is 0.503 e. The van der Waals surface area contributed by atoms with E-state index in [1.54, 1.807) is 24.3 Å². The van der Waals surface area contributed by atoms with E-state index >= 15 is 0 Å². The third kappa shape index (κ3) is 3.29. The molecule has 0 bridgehead atoms. The maximum Gasteiger partial charge on any atom is 0.296 e. The van der Waals surface area contributed by atoms with Crippen LogP contribution in [0.3, 0.4) is 0 Å². The summed E-state index contributed by atoms with van der Waals surface area (Å²) in [5.74, 6) is -2.80. The number of thiazole rings is 1. The summed E-state index contributed by atoms with van der Waals surface area (Å²) in [6.45, 7) is -0.360. The number of ether oxygens (including phenoxy) is 1. The molecule has 148 valence electrons. The van der Waals surface area contributed by atoms with Gasteiger partial charge in [0, 0.05) is 17.7 Å². The summed E-state index contributed by atoms with van der Waals surface area (Å²) in [7, 11) is 1.32. The quantitative estimate of drug-likeness (QED) is 0.653. The van der Waals surface area contributed by atoms with Gasteiger partial charge < -0.3 is 9.84 Å². The third-order valence-electron chi connectivity index (χ3n) is 4.53. The molecule has 1 atom stereocenters. The van der Waals surface area contributed by atoms with Crippen molar-refractivity contribution >= 4 is 50.0 Å². The first kappa shape index (κ1) is 19.5. The van der Waals surface area contributed by atoms with Crippen LogP contribution in [0.5, 0.6) is 0 Å². The number of Topliss-reactive ketones (excluding diaryl/α,β-unsaturated/α-hetero) is 1. The summed E-state index contributed by atoms with van der Waals surface area (Å²) in [5, 5.41) is 11.2. The number of halogens is 2. The average Bonchev–Trinajstić information content (AvgIpc) is 3.20. The monoisotopic (exact) mass is 432 g/mol. The van der Waals surface area contributed by atoms with Crippen molar-refractivity contribution in [1.82, 2.24) is 4.98 Å². The molecule has 4 rings (SSSR count). The average molecular weight is 433 g/mol. The highest BCUT2D eigenvalue weighted by Gasteiger charge is 2.46. The molecule has 0 spiro atoms. The number of anilines is 1. The van der Waals surface area contributed by atoms with E-state index < -0.39 is 29.3 Å². The van der Waals surface area contributed by atoms with Crippen LogP contribution in [0.4, 0.5) is 9.52 Å². The number of aromatic nitrogens is 1. The van der Waals surface area contributed by atoms with Gasteiger partial charge >= 0.3 is 0 Å². The summed E-state index contributed by atoms with van der Waals surface area (Å²) in [6.07, 6.45) is 0. The number of aliphatic hydroxyl groups excluding tert-OH is 1. The van der Waals surface area contributed by atoms with Gasteiger partial charge in [0.1, 0.15) is 18.5 Å². The fourth-order valence-electron chi connectivity index (χ4n) is 3.28. The maximum absolute atomic E-state index is 14.6. The number of fused-ring (bicyclic) bond motifs is 1. The molecular weight excluding hydrogens is 419 g/mol. The molecule has 1 N–H and O–H groups in total. The van der Waals surface area contributed by atoms with Crippen molar-refractivity contribution in [2.75, 3.05) is 18.6 Å². The molecule has 9 heteroatoms. The third-order valence-corrected chi connectivity index (χ3v) is 5.78. The highest BCUT2D eigenvalue weighted by molar-refractivity contribution is 7.22. The van der Waals surface area contributed by atoms with E-state index in [-0.39, 0.29) is 22.9 Å². The van der Waals surface area contributed by atoms with E-state index in [4.69, 9.17) is 16.3 Å². The second-order valence-corrected chi connectivity index (χ2v) is 7.77. The van der Waals surface area contributed by atoms with E-state index in [1.807, 2.05) is 0 Å².